The number of aromatic nitrogens is 1. The molecule has 1 fully saturated rings. The van der Waals surface area contributed by atoms with Gasteiger partial charge in [-0.1, -0.05) is 25.0 Å². The first-order valence-corrected chi connectivity index (χ1v) is 8.63. The molecule has 0 radical (unpaired) electrons. The van der Waals surface area contributed by atoms with Crippen LogP contribution in [0.2, 0.25) is 0 Å². The fourth-order valence-electron chi connectivity index (χ4n) is 3.13. The van der Waals surface area contributed by atoms with Crippen LogP contribution in [0.4, 0.5) is 0 Å². The van der Waals surface area contributed by atoms with Crippen molar-refractivity contribution in [3.63, 3.8) is 0 Å². The van der Waals surface area contributed by atoms with E-state index >= 15 is 0 Å². The number of esters is 1. The van der Waals surface area contributed by atoms with Crippen LogP contribution in [-0.2, 0) is 20.9 Å². The van der Waals surface area contributed by atoms with Gasteiger partial charge >= 0.3 is 11.7 Å². The van der Waals surface area contributed by atoms with Crippen molar-refractivity contribution in [1.82, 2.24) is 9.88 Å². The smallest absolute Gasteiger partial charge is 0.419 e. The van der Waals surface area contributed by atoms with Crippen LogP contribution < -0.4 is 11.1 Å². The highest BCUT2D eigenvalue weighted by molar-refractivity contribution is 5.83. The van der Waals surface area contributed by atoms with E-state index in [1.807, 2.05) is 0 Å². The van der Waals surface area contributed by atoms with Gasteiger partial charge in [-0.15, -0.1) is 0 Å². The Morgan fingerprint density at radius 3 is 2.80 bits per heavy atom. The monoisotopic (exact) mass is 346 g/mol. The third-order valence-corrected chi connectivity index (χ3v) is 4.49. The topological polar surface area (TPSA) is 90.5 Å². The number of ether oxygens (including phenoxy) is 1. The van der Waals surface area contributed by atoms with E-state index in [0.717, 1.165) is 25.7 Å². The largest absolute Gasteiger partial charge is 0.452 e. The number of rotatable bonds is 6. The molecule has 0 spiro atoms. The number of hydrogen-bond acceptors (Lipinski definition) is 5. The lowest BCUT2D eigenvalue weighted by Gasteiger charge is -2.17. The van der Waals surface area contributed by atoms with Gasteiger partial charge in [-0.05, 0) is 31.9 Å². The van der Waals surface area contributed by atoms with Gasteiger partial charge in [-0.2, -0.15) is 0 Å². The first kappa shape index (κ1) is 17.3. The van der Waals surface area contributed by atoms with Gasteiger partial charge in [0, 0.05) is 12.6 Å². The Kier molecular flexibility index (Phi) is 5.21. The lowest BCUT2D eigenvalue weighted by molar-refractivity contribution is -0.155. The molecule has 0 saturated heterocycles. The maximum Gasteiger partial charge on any atom is 0.419 e. The van der Waals surface area contributed by atoms with Crippen LogP contribution in [-0.4, -0.2) is 28.6 Å². The molecule has 1 saturated carbocycles. The number of carbonyl (C=O) groups excluding carboxylic acids is 2. The van der Waals surface area contributed by atoms with Gasteiger partial charge in [-0.25, -0.2) is 4.79 Å². The molecule has 0 aliphatic heterocycles. The number of aryl methyl sites for hydroxylation is 1. The third kappa shape index (κ3) is 4.10. The molecule has 25 heavy (non-hydrogen) atoms. The Labute approximate surface area is 144 Å². The number of nitrogens with zero attached hydrogens (tertiary/aromatic N) is 1. The van der Waals surface area contributed by atoms with E-state index in [4.69, 9.17) is 9.15 Å². The lowest BCUT2D eigenvalue weighted by Crippen LogP contribution is -2.41. The molecule has 1 aliphatic rings. The number of amides is 1. The van der Waals surface area contributed by atoms with E-state index in [1.165, 1.54) is 4.57 Å². The highest BCUT2D eigenvalue weighted by Crippen LogP contribution is 2.18. The number of fused-ring (bicyclic) bond motifs is 1. The predicted molar refractivity (Wildman–Crippen MR) is 91.0 cm³/mol. The molecule has 1 atom stereocenters. The molecule has 1 N–H and O–H groups in total. The number of oxazole rings is 1. The molecule has 1 amide bonds. The van der Waals surface area contributed by atoms with Crippen molar-refractivity contribution in [1.29, 1.82) is 0 Å². The summed E-state index contributed by atoms with van der Waals surface area (Å²) < 4.78 is 11.7. The van der Waals surface area contributed by atoms with E-state index in [0.29, 0.717) is 11.1 Å². The molecule has 1 aromatic heterocycles. The zero-order valence-electron chi connectivity index (χ0n) is 14.2. The summed E-state index contributed by atoms with van der Waals surface area (Å²) in [5, 5.41) is 2.90. The van der Waals surface area contributed by atoms with Gasteiger partial charge < -0.3 is 14.5 Å². The van der Waals surface area contributed by atoms with E-state index < -0.39 is 17.8 Å². The summed E-state index contributed by atoms with van der Waals surface area (Å²) in [4.78, 5) is 35.9. The SMILES string of the molecule is C[C@H](OC(=O)CCn1c(=O)oc2ccccc21)C(=O)NC1CCCC1. The van der Waals surface area contributed by atoms with E-state index in [-0.39, 0.29) is 24.9 Å². The number of carbonyl (C=O) groups is 2. The highest BCUT2D eigenvalue weighted by Gasteiger charge is 2.23. The van der Waals surface area contributed by atoms with Crippen molar-refractivity contribution in [3.8, 4) is 0 Å². The first-order valence-electron chi connectivity index (χ1n) is 8.63. The summed E-state index contributed by atoms with van der Waals surface area (Å²) in [5.41, 5.74) is 1.11. The summed E-state index contributed by atoms with van der Waals surface area (Å²) in [5.74, 6) is -1.31. The minimum absolute atomic E-state index is 0.00944. The molecule has 0 unspecified atom stereocenters. The van der Waals surface area contributed by atoms with Crippen LogP contribution in [0.25, 0.3) is 11.1 Å². The standard InChI is InChI=1S/C18H22N2O5/c1-12(17(22)19-13-6-2-3-7-13)24-16(21)10-11-20-14-8-4-5-9-15(14)25-18(20)23/h4-5,8-9,12-13H,2-3,6-7,10-11H2,1H3,(H,19,22)/t12-/m0/s1. The first-order chi connectivity index (χ1) is 12.0. The number of para-hydroxylation sites is 2. The minimum atomic E-state index is -0.842. The molecule has 1 heterocycles. The lowest BCUT2D eigenvalue weighted by atomic mass is 10.2. The quantitative estimate of drug-likeness (QED) is 0.808. The Hall–Kier alpha value is -2.57. The number of hydrogen-bond donors (Lipinski definition) is 1. The molecule has 7 heteroatoms. The number of benzene rings is 1. The second-order valence-electron chi connectivity index (χ2n) is 6.36. The molecular formula is C18H22N2O5. The van der Waals surface area contributed by atoms with Gasteiger partial charge in [0.1, 0.15) is 0 Å². The van der Waals surface area contributed by atoms with Crippen LogP contribution in [0.15, 0.2) is 33.5 Å². The maximum absolute atomic E-state index is 12.0. The Bertz CT molecular complexity index is 816. The third-order valence-electron chi connectivity index (χ3n) is 4.49. The highest BCUT2D eigenvalue weighted by atomic mass is 16.5. The second kappa shape index (κ2) is 7.55. The average Bonchev–Trinajstić information content (AvgIpc) is 3.19. The fourth-order valence-corrected chi connectivity index (χ4v) is 3.13. The van der Waals surface area contributed by atoms with Gasteiger partial charge in [0.2, 0.25) is 0 Å². The van der Waals surface area contributed by atoms with E-state index in [2.05, 4.69) is 5.32 Å². The molecular weight excluding hydrogens is 324 g/mol. The van der Waals surface area contributed by atoms with Crippen molar-refractivity contribution in [2.45, 2.75) is 57.7 Å². The van der Waals surface area contributed by atoms with Crippen molar-refractivity contribution < 1.29 is 18.7 Å². The van der Waals surface area contributed by atoms with Crippen molar-refractivity contribution in [3.05, 3.63) is 34.8 Å². The Morgan fingerprint density at radius 2 is 2.04 bits per heavy atom. The zero-order valence-corrected chi connectivity index (χ0v) is 14.2. The van der Waals surface area contributed by atoms with Crippen molar-refractivity contribution in [2.75, 3.05) is 0 Å². The van der Waals surface area contributed by atoms with Crippen molar-refractivity contribution >= 4 is 23.0 Å². The molecule has 1 aliphatic carbocycles. The summed E-state index contributed by atoms with van der Waals surface area (Å²) in [6.07, 6.45) is 3.33. The van der Waals surface area contributed by atoms with Gasteiger partial charge in [0.05, 0.1) is 11.9 Å². The molecule has 3 rings (SSSR count). The molecule has 134 valence electrons. The fraction of sp³-hybridized carbons (Fsp3) is 0.500. The van der Waals surface area contributed by atoms with Crippen LogP contribution in [0.3, 0.4) is 0 Å². The molecule has 0 bridgehead atoms. The second-order valence-corrected chi connectivity index (χ2v) is 6.36. The molecule has 2 aromatic rings. The van der Waals surface area contributed by atoms with Crippen LogP contribution in [0.1, 0.15) is 39.0 Å². The van der Waals surface area contributed by atoms with Gasteiger partial charge in [0.25, 0.3) is 5.91 Å². The van der Waals surface area contributed by atoms with Gasteiger partial charge in [-0.3, -0.25) is 14.2 Å². The minimum Gasteiger partial charge on any atom is -0.452 e. The summed E-state index contributed by atoms with van der Waals surface area (Å²) in [7, 11) is 0. The molecule has 1 aromatic carbocycles. The Balaban J connectivity index is 1.52. The predicted octanol–water partition coefficient (Wildman–Crippen LogP) is 1.98. The van der Waals surface area contributed by atoms with Crippen LogP contribution in [0.5, 0.6) is 0 Å². The van der Waals surface area contributed by atoms with Crippen molar-refractivity contribution in [2.24, 2.45) is 0 Å². The summed E-state index contributed by atoms with van der Waals surface area (Å²) in [6, 6.07) is 7.20. The Morgan fingerprint density at radius 1 is 1.32 bits per heavy atom. The van der Waals surface area contributed by atoms with Crippen LogP contribution in [0, 0.1) is 0 Å². The van der Waals surface area contributed by atoms with E-state index in [9.17, 15) is 14.4 Å². The van der Waals surface area contributed by atoms with Crippen LogP contribution >= 0.6 is 0 Å². The average molecular weight is 346 g/mol. The normalized spacial score (nSPS) is 16.0. The van der Waals surface area contributed by atoms with Gasteiger partial charge in [0.15, 0.2) is 11.7 Å². The molecule has 7 nitrogen and oxygen atoms in total. The summed E-state index contributed by atoms with van der Waals surface area (Å²) >= 11 is 0. The zero-order chi connectivity index (χ0) is 17.8. The number of nitrogens with one attached hydrogen (secondary N) is 1. The van der Waals surface area contributed by atoms with E-state index in [1.54, 1.807) is 31.2 Å². The summed E-state index contributed by atoms with van der Waals surface area (Å²) in [6.45, 7) is 1.70. The maximum atomic E-state index is 12.0.